The molecule has 0 aromatic rings. The first-order chi connectivity index (χ1) is 11.6. The molecule has 0 aromatic heterocycles. The number of carboxylic acid groups (broad SMARTS) is 1. The SMILES string of the molecule is CCCCCC(O)C(O)CCCCCCCCC=CC=CC(=O)O. The van der Waals surface area contributed by atoms with E-state index in [4.69, 9.17) is 5.11 Å². The van der Waals surface area contributed by atoms with Gasteiger partial charge >= 0.3 is 5.97 Å². The van der Waals surface area contributed by atoms with E-state index in [9.17, 15) is 15.0 Å². The van der Waals surface area contributed by atoms with Crippen LogP contribution in [-0.4, -0.2) is 33.5 Å². The molecule has 0 bridgehead atoms. The minimum atomic E-state index is -0.918. The molecule has 0 fully saturated rings. The van der Waals surface area contributed by atoms with Gasteiger partial charge in [0.1, 0.15) is 0 Å². The Labute approximate surface area is 147 Å². The first-order valence-electron chi connectivity index (χ1n) is 9.50. The van der Waals surface area contributed by atoms with Crippen LogP contribution in [0.15, 0.2) is 24.3 Å². The van der Waals surface area contributed by atoms with E-state index in [2.05, 4.69) is 6.92 Å². The summed E-state index contributed by atoms with van der Waals surface area (Å²) in [6.45, 7) is 2.13. The number of rotatable bonds is 16. The van der Waals surface area contributed by atoms with E-state index in [1.165, 1.54) is 19.3 Å². The van der Waals surface area contributed by atoms with Crippen LogP contribution in [0.5, 0.6) is 0 Å². The van der Waals surface area contributed by atoms with Crippen molar-refractivity contribution in [1.29, 1.82) is 0 Å². The number of hydrogen-bond acceptors (Lipinski definition) is 3. The third-order valence-electron chi connectivity index (χ3n) is 4.15. The molecular formula is C20H36O4. The van der Waals surface area contributed by atoms with Gasteiger partial charge in [-0.15, -0.1) is 0 Å². The van der Waals surface area contributed by atoms with Crippen molar-refractivity contribution in [3.63, 3.8) is 0 Å². The Bertz CT molecular complexity index is 350. The van der Waals surface area contributed by atoms with Crippen LogP contribution in [0.1, 0.15) is 84.0 Å². The van der Waals surface area contributed by atoms with Crippen molar-refractivity contribution in [2.75, 3.05) is 0 Å². The van der Waals surface area contributed by atoms with Crippen LogP contribution < -0.4 is 0 Å². The van der Waals surface area contributed by atoms with Gasteiger partial charge < -0.3 is 15.3 Å². The first kappa shape index (κ1) is 22.9. The fourth-order valence-corrected chi connectivity index (χ4v) is 2.62. The van der Waals surface area contributed by atoms with E-state index < -0.39 is 18.2 Å². The van der Waals surface area contributed by atoms with Gasteiger partial charge in [-0.3, -0.25) is 0 Å². The number of hydrogen-bond donors (Lipinski definition) is 3. The van der Waals surface area contributed by atoms with Crippen LogP contribution in [0, 0.1) is 0 Å². The highest BCUT2D eigenvalue weighted by molar-refractivity contribution is 5.80. The van der Waals surface area contributed by atoms with Gasteiger partial charge in [-0.1, -0.05) is 76.5 Å². The monoisotopic (exact) mass is 340 g/mol. The summed E-state index contributed by atoms with van der Waals surface area (Å²) < 4.78 is 0. The molecule has 0 aromatic carbocycles. The lowest BCUT2D eigenvalue weighted by Crippen LogP contribution is -2.25. The third kappa shape index (κ3) is 15.8. The molecule has 0 aliphatic rings. The molecule has 3 N–H and O–H groups in total. The molecule has 0 amide bonds. The molecule has 0 saturated heterocycles. The molecule has 140 valence electrons. The Kier molecular flexibility index (Phi) is 15.9. The summed E-state index contributed by atoms with van der Waals surface area (Å²) in [5.74, 6) is -0.918. The number of unbranched alkanes of at least 4 members (excludes halogenated alkanes) is 8. The average Bonchev–Trinajstić information content (AvgIpc) is 2.55. The normalized spacial score (nSPS) is 14.5. The lowest BCUT2D eigenvalue weighted by atomic mass is 10.0. The summed E-state index contributed by atoms with van der Waals surface area (Å²) in [4.78, 5) is 10.2. The molecule has 0 heterocycles. The zero-order valence-corrected chi connectivity index (χ0v) is 15.2. The van der Waals surface area contributed by atoms with Gasteiger partial charge in [0.15, 0.2) is 0 Å². The van der Waals surface area contributed by atoms with Gasteiger partial charge in [-0.25, -0.2) is 4.79 Å². The van der Waals surface area contributed by atoms with Crippen molar-refractivity contribution in [2.24, 2.45) is 0 Å². The molecule has 0 rings (SSSR count). The summed E-state index contributed by atoms with van der Waals surface area (Å²) in [5, 5.41) is 28.2. The first-order valence-corrected chi connectivity index (χ1v) is 9.50. The van der Waals surface area contributed by atoms with E-state index in [0.717, 1.165) is 51.0 Å². The Balaban J connectivity index is 3.39. The second-order valence-electron chi connectivity index (χ2n) is 6.45. The largest absolute Gasteiger partial charge is 0.478 e. The van der Waals surface area contributed by atoms with E-state index in [-0.39, 0.29) is 0 Å². The topological polar surface area (TPSA) is 77.8 Å². The summed E-state index contributed by atoms with van der Waals surface area (Å²) in [7, 11) is 0. The van der Waals surface area contributed by atoms with Crippen molar-refractivity contribution in [1.82, 2.24) is 0 Å². The zero-order chi connectivity index (χ0) is 18.0. The van der Waals surface area contributed by atoms with Crippen molar-refractivity contribution >= 4 is 5.97 Å². The third-order valence-corrected chi connectivity index (χ3v) is 4.15. The average molecular weight is 341 g/mol. The molecule has 0 saturated carbocycles. The Morgan fingerprint density at radius 3 is 1.96 bits per heavy atom. The maximum absolute atomic E-state index is 10.2. The molecule has 2 unspecified atom stereocenters. The van der Waals surface area contributed by atoms with Crippen LogP contribution in [-0.2, 0) is 4.79 Å². The van der Waals surface area contributed by atoms with E-state index in [0.29, 0.717) is 12.8 Å². The van der Waals surface area contributed by atoms with Gasteiger partial charge in [0.2, 0.25) is 0 Å². The van der Waals surface area contributed by atoms with E-state index >= 15 is 0 Å². The van der Waals surface area contributed by atoms with Crippen LogP contribution in [0.2, 0.25) is 0 Å². The van der Waals surface area contributed by atoms with Crippen LogP contribution in [0.3, 0.4) is 0 Å². The quantitative estimate of drug-likeness (QED) is 0.218. The predicted octanol–water partition coefficient (Wildman–Crippen LogP) is 4.61. The minimum Gasteiger partial charge on any atom is -0.478 e. The summed E-state index contributed by atoms with van der Waals surface area (Å²) in [6, 6.07) is 0. The zero-order valence-electron chi connectivity index (χ0n) is 15.2. The molecule has 2 atom stereocenters. The molecule has 0 spiro atoms. The molecule has 4 heteroatoms. The fourth-order valence-electron chi connectivity index (χ4n) is 2.62. The van der Waals surface area contributed by atoms with Crippen LogP contribution in [0.4, 0.5) is 0 Å². The second-order valence-corrected chi connectivity index (χ2v) is 6.45. The summed E-state index contributed by atoms with van der Waals surface area (Å²) in [5.41, 5.74) is 0. The number of carbonyl (C=O) groups is 1. The van der Waals surface area contributed by atoms with Crippen molar-refractivity contribution in [3.8, 4) is 0 Å². The highest BCUT2D eigenvalue weighted by Gasteiger charge is 2.14. The van der Waals surface area contributed by atoms with Crippen LogP contribution >= 0.6 is 0 Å². The van der Waals surface area contributed by atoms with Gasteiger partial charge in [0, 0.05) is 6.08 Å². The van der Waals surface area contributed by atoms with Gasteiger partial charge in [-0.2, -0.15) is 0 Å². The number of aliphatic hydroxyl groups excluding tert-OH is 2. The highest BCUT2D eigenvalue weighted by Crippen LogP contribution is 2.14. The Hall–Kier alpha value is -1.13. The molecule has 4 nitrogen and oxygen atoms in total. The van der Waals surface area contributed by atoms with E-state index in [1.807, 2.05) is 6.08 Å². The highest BCUT2D eigenvalue weighted by atomic mass is 16.4. The number of carboxylic acids is 1. The maximum atomic E-state index is 10.2. The number of aliphatic hydroxyl groups is 2. The molecule has 0 radical (unpaired) electrons. The maximum Gasteiger partial charge on any atom is 0.328 e. The van der Waals surface area contributed by atoms with Gasteiger partial charge in [-0.05, 0) is 25.7 Å². The smallest absolute Gasteiger partial charge is 0.328 e. The standard InChI is InChI=1S/C20H36O4/c1-2-3-12-15-18(21)19(22)16-13-10-8-6-4-5-7-9-11-14-17-20(23)24/h9,11,14,17-19,21-22H,2-8,10,12-13,15-16H2,1H3,(H,23,24). The van der Waals surface area contributed by atoms with Crippen molar-refractivity contribution in [2.45, 2.75) is 96.2 Å². The summed E-state index contributed by atoms with van der Waals surface area (Å²) >= 11 is 0. The summed E-state index contributed by atoms with van der Waals surface area (Å²) in [6.07, 6.45) is 17.7. The molecule has 24 heavy (non-hydrogen) atoms. The lowest BCUT2D eigenvalue weighted by Gasteiger charge is -2.17. The minimum absolute atomic E-state index is 0.557. The molecular weight excluding hydrogens is 304 g/mol. The van der Waals surface area contributed by atoms with E-state index in [1.54, 1.807) is 12.2 Å². The van der Waals surface area contributed by atoms with Crippen molar-refractivity contribution < 1.29 is 20.1 Å². The Morgan fingerprint density at radius 2 is 1.38 bits per heavy atom. The molecule has 0 aliphatic heterocycles. The lowest BCUT2D eigenvalue weighted by molar-refractivity contribution is -0.131. The molecule has 0 aliphatic carbocycles. The fraction of sp³-hybridized carbons (Fsp3) is 0.750. The number of aliphatic carboxylic acids is 1. The van der Waals surface area contributed by atoms with Gasteiger partial charge in [0.25, 0.3) is 0 Å². The van der Waals surface area contributed by atoms with Gasteiger partial charge in [0.05, 0.1) is 12.2 Å². The van der Waals surface area contributed by atoms with Crippen molar-refractivity contribution in [3.05, 3.63) is 24.3 Å². The number of allylic oxidation sites excluding steroid dienone is 3. The predicted molar refractivity (Wildman–Crippen MR) is 99.0 cm³/mol. The van der Waals surface area contributed by atoms with Crippen LogP contribution in [0.25, 0.3) is 0 Å². The Morgan fingerprint density at radius 1 is 0.833 bits per heavy atom. The second kappa shape index (κ2) is 16.7.